The number of amides is 2. The maximum atomic E-state index is 12.3. The lowest BCUT2D eigenvalue weighted by atomic mass is 10.1. The molecule has 1 saturated heterocycles. The number of nitrogens with zero attached hydrogens (tertiary/aromatic N) is 3. The van der Waals surface area contributed by atoms with Crippen molar-refractivity contribution in [3.8, 4) is 0 Å². The van der Waals surface area contributed by atoms with Gasteiger partial charge in [0.2, 0.25) is 17.0 Å². The summed E-state index contributed by atoms with van der Waals surface area (Å²) in [5, 5.41) is 10.7. The van der Waals surface area contributed by atoms with Crippen LogP contribution in [0.1, 0.15) is 50.3 Å². The molecule has 2 aromatic rings. The van der Waals surface area contributed by atoms with Crippen LogP contribution in [0.4, 0.5) is 11.4 Å². The largest absolute Gasteiger partial charge is 0.325 e. The number of carbonyl (C=O) groups is 2. The van der Waals surface area contributed by atoms with Crippen LogP contribution in [-0.4, -0.2) is 39.3 Å². The Hall–Kier alpha value is -2.35. The first-order chi connectivity index (χ1) is 13.2. The van der Waals surface area contributed by atoms with E-state index in [-0.39, 0.29) is 17.6 Å². The highest BCUT2D eigenvalue weighted by atomic mass is 32.2. The minimum atomic E-state index is -0.114. The molecule has 1 aromatic carbocycles. The average molecular weight is 385 g/mol. The molecule has 2 N–H and O–H groups in total. The van der Waals surface area contributed by atoms with Crippen molar-refractivity contribution in [1.82, 2.24) is 15.2 Å². The molecule has 0 spiro atoms. The van der Waals surface area contributed by atoms with Crippen LogP contribution in [0.5, 0.6) is 0 Å². The highest BCUT2D eigenvalue weighted by Crippen LogP contribution is 2.32. The van der Waals surface area contributed by atoms with Crippen molar-refractivity contribution >= 4 is 35.0 Å². The van der Waals surface area contributed by atoms with E-state index in [0.717, 1.165) is 37.3 Å². The molecule has 7 nitrogen and oxygen atoms in total. The predicted octanol–water partition coefficient (Wildman–Crippen LogP) is 3.32. The first-order valence-electron chi connectivity index (χ1n) is 9.44. The topological polar surface area (TPSA) is 91.0 Å². The Balaban J connectivity index is 1.31. The highest BCUT2D eigenvalue weighted by molar-refractivity contribution is 7.99. The Kier molecular flexibility index (Phi) is 5.42. The molecule has 0 unspecified atom stereocenters. The molecule has 142 valence electrons. The maximum absolute atomic E-state index is 12.3. The number of anilines is 2. The molecule has 2 heterocycles. The summed E-state index contributed by atoms with van der Waals surface area (Å²) in [5.41, 5.74) is 1.53. The molecule has 8 heteroatoms. The number of nitrogens with one attached hydrogen (secondary N) is 2. The Morgan fingerprint density at radius 3 is 2.93 bits per heavy atom. The SMILES string of the molecule is O=C(CSc1n[nH]c(C2CCCC2)n1)Nc1cccc(N2CCCC2=O)c1. The summed E-state index contributed by atoms with van der Waals surface area (Å²) in [6.45, 7) is 0.736. The van der Waals surface area contributed by atoms with Crippen molar-refractivity contribution < 1.29 is 9.59 Å². The molecule has 2 aliphatic rings. The standard InChI is InChI=1S/C19H23N5O2S/c25-16(12-27-19-21-18(22-23-19)13-5-1-2-6-13)20-14-7-3-8-15(11-14)24-10-4-9-17(24)26/h3,7-8,11,13H,1-2,4-6,9-10,12H2,(H,20,25)(H,21,22,23). The first kappa shape index (κ1) is 18.0. The number of aromatic nitrogens is 3. The van der Waals surface area contributed by atoms with E-state index in [9.17, 15) is 9.59 Å². The lowest BCUT2D eigenvalue weighted by molar-refractivity contribution is -0.117. The number of hydrogen-bond donors (Lipinski definition) is 2. The van der Waals surface area contributed by atoms with E-state index in [1.165, 1.54) is 24.6 Å². The van der Waals surface area contributed by atoms with Crippen LogP contribution in [0.25, 0.3) is 0 Å². The van der Waals surface area contributed by atoms with Crippen LogP contribution in [0, 0.1) is 0 Å². The maximum Gasteiger partial charge on any atom is 0.234 e. The second kappa shape index (κ2) is 8.12. The third-order valence-corrected chi connectivity index (χ3v) is 5.92. The minimum Gasteiger partial charge on any atom is -0.325 e. The molecule has 27 heavy (non-hydrogen) atoms. The Morgan fingerprint density at radius 1 is 1.30 bits per heavy atom. The number of rotatable bonds is 6. The van der Waals surface area contributed by atoms with Crippen LogP contribution in [0.15, 0.2) is 29.4 Å². The highest BCUT2D eigenvalue weighted by Gasteiger charge is 2.22. The van der Waals surface area contributed by atoms with Gasteiger partial charge in [-0.3, -0.25) is 14.7 Å². The van der Waals surface area contributed by atoms with Crippen molar-refractivity contribution in [3.05, 3.63) is 30.1 Å². The van der Waals surface area contributed by atoms with Gasteiger partial charge in [0.15, 0.2) is 0 Å². The fourth-order valence-electron chi connectivity index (χ4n) is 3.70. The van der Waals surface area contributed by atoms with E-state index in [0.29, 0.717) is 23.2 Å². The van der Waals surface area contributed by atoms with E-state index in [1.807, 2.05) is 24.3 Å². The van der Waals surface area contributed by atoms with E-state index >= 15 is 0 Å². The summed E-state index contributed by atoms with van der Waals surface area (Å²) in [7, 11) is 0. The smallest absolute Gasteiger partial charge is 0.234 e. The van der Waals surface area contributed by atoms with Crippen LogP contribution in [0.3, 0.4) is 0 Å². The average Bonchev–Trinajstić information content (AvgIpc) is 3.41. The molecular weight excluding hydrogens is 362 g/mol. The van der Waals surface area contributed by atoms with Crippen molar-refractivity contribution in [3.63, 3.8) is 0 Å². The van der Waals surface area contributed by atoms with Gasteiger partial charge in [-0.2, -0.15) is 0 Å². The fraction of sp³-hybridized carbons (Fsp3) is 0.474. The molecule has 2 fully saturated rings. The van der Waals surface area contributed by atoms with Gasteiger partial charge in [0.1, 0.15) is 5.82 Å². The first-order valence-corrected chi connectivity index (χ1v) is 10.4. The van der Waals surface area contributed by atoms with Gasteiger partial charge >= 0.3 is 0 Å². The molecule has 0 radical (unpaired) electrons. The third kappa shape index (κ3) is 4.32. The molecule has 2 amide bonds. The quantitative estimate of drug-likeness (QED) is 0.745. The second-order valence-corrected chi connectivity index (χ2v) is 7.96. The number of carbonyl (C=O) groups excluding carboxylic acids is 2. The van der Waals surface area contributed by atoms with Crippen molar-refractivity contribution in [2.45, 2.75) is 49.6 Å². The number of H-pyrrole nitrogens is 1. The van der Waals surface area contributed by atoms with Crippen LogP contribution >= 0.6 is 11.8 Å². The summed E-state index contributed by atoms with van der Waals surface area (Å²) >= 11 is 1.33. The van der Waals surface area contributed by atoms with Crippen LogP contribution in [-0.2, 0) is 9.59 Å². The van der Waals surface area contributed by atoms with Gasteiger partial charge in [0.25, 0.3) is 0 Å². The lowest BCUT2D eigenvalue weighted by Gasteiger charge is -2.16. The van der Waals surface area contributed by atoms with Gasteiger partial charge in [0, 0.05) is 30.3 Å². The van der Waals surface area contributed by atoms with Crippen molar-refractivity contribution in [2.24, 2.45) is 0 Å². The molecule has 1 aliphatic carbocycles. The Bertz CT molecular complexity index is 831. The second-order valence-electron chi connectivity index (χ2n) is 7.02. The summed E-state index contributed by atoms with van der Waals surface area (Å²) < 4.78 is 0. The van der Waals surface area contributed by atoms with Crippen LogP contribution < -0.4 is 10.2 Å². The van der Waals surface area contributed by atoms with Gasteiger partial charge in [-0.1, -0.05) is 30.7 Å². The predicted molar refractivity (Wildman–Crippen MR) is 105 cm³/mol. The summed E-state index contributed by atoms with van der Waals surface area (Å²) in [6.07, 6.45) is 6.29. The minimum absolute atomic E-state index is 0.114. The molecular formula is C19H23N5O2S. The zero-order valence-corrected chi connectivity index (χ0v) is 15.9. The van der Waals surface area contributed by atoms with E-state index in [1.54, 1.807) is 4.90 Å². The number of hydrogen-bond acceptors (Lipinski definition) is 5. The number of benzene rings is 1. The molecule has 1 aromatic heterocycles. The molecule has 0 bridgehead atoms. The van der Waals surface area contributed by atoms with Gasteiger partial charge in [-0.25, -0.2) is 4.98 Å². The van der Waals surface area contributed by atoms with Crippen molar-refractivity contribution in [2.75, 3.05) is 22.5 Å². The molecule has 4 rings (SSSR count). The van der Waals surface area contributed by atoms with Gasteiger partial charge in [-0.15, -0.1) is 5.10 Å². The summed E-state index contributed by atoms with van der Waals surface area (Å²) in [5.74, 6) is 1.69. The monoisotopic (exact) mass is 385 g/mol. The zero-order chi connectivity index (χ0) is 18.6. The third-order valence-electron chi connectivity index (χ3n) is 5.07. The van der Waals surface area contributed by atoms with Crippen molar-refractivity contribution in [1.29, 1.82) is 0 Å². The Morgan fingerprint density at radius 2 is 2.15 bits per heavy atom. The molecule has 1 aliphatic heterocycles. The Labute approximate surface area is 162 Å². The normalized spacial score (nSPS) is 17.6. The summed E-state index contributed by atoms with van der Waals surface area (Å²) in [4.78, 5) is 30.4. The van der Waals surface area contributed by atoms with E-state index < -0.39 is 0 Å². The van der Waals surface area contributed by atoms with Gasteiger partial charge in [0.05, 0.1) is 5.75 Å². The van der Waals surface area contributed by atoms with Crippen LogP contribution in [0.2, 0.25) is 0 Å². The fourth-order valence-corrected chi connectivity index (χ4v) is 4.31. The summed E-state index contributed by atoms with van der Waals surface area (Å²) in [6, 6.07) is 7.42. The lowest BCUT2D eigenvalue weighted by Crippen LogP contribution is -2.23. The molecule has 0 atom stereocenters. The molecule has 1 saturated carbocycles. The number of thioether (sulfide) groups is 1. The van der Waals surface area contributed by atoms with Gasteiger partial charge < -0.3 is 10.2 Å². The number of aromatic amines is 1. The zero-order valence-electron chi connectivity index (χ0n) is 15.1. The van der Waals surface area contributed by atoms with E-state index in [2.05, 4.69) is 20.5 Å². The van der Waals surface area contributed by atoms with E-state index in [4.69, 9.17) is 0 Å². The van der Waals surface area contributed by atoms with Gasteiger partial charge in [-0.05, 0) is 37.5 Å².